The zero-order valence-corrected chi connectivity index (χ0v) is 13.7. The third-order valence-electron chi connectivity index (χ3n) is 3.38. The molecule has 1 aromatic heterocycles. The number of amides is 1. The van der Waals surface area contributed by atoms with Crippen LogP contribution in [0.2, 0.25) is 8.67 Å². The van der Waals surface area contributed by atoms with E-state index in [0.29, 0.717) is 26.7 Å². The van der Waals surface area contributed by atoms with Crippen molar-refractivity contribution < 1.29 is 4.79 Å². The molecule has 2 rings (SSSR count). The molecule has 1 aliphatic heterocycles. The van der Waals surface area contributed by atoms with E-state index in [-0.39, 0.29) is 24.4 Å². The van der Waals surface area contributed by atoms with Crippen molar-refractivity contribution in [3.63, 3.8) is 0 Å². The van der Waals surface area contributed by atoms with Crippen LogP contribution in [0.4, 0.5) is 0 Å². The molecule has 108 valence electrons. The molecule has 1 aliphatic rings. The number of nitrogens with two attached hydrogens (primary N) is 1. The van der Waals surface area contributed by atoms with Crippen molar-refractivity contribution in [2.75, 3.05) is 13.1 Å². The van der Waals surface area contributed by atoms with E-state index in [0.717, 1.165) is 19.4 Å². The van der Waals surface area contributed by atoms with Gasteiger partial charge in [0.05, 0.1) is 9.90 Å². The normalized spacial score (nSPS) is 20.8. The third-order valence-corrected chi connectivity index (χ3v) is 4.86. The minimum Gasteiger partial charge on any atom is -0.338 e. The van der Waals surface area contributed by atoms with Crippen molar-refractivity contribution in [3.05, 3.63) is 20.3 Å². The maximum atomic E-state index is 12.4. The smallest absolute Gasteiger partial charge is 0.256 e. The molecule has 0 radical (unpaired) electrons. The van der Waals surface area contributed by atoms with E-state index in [1.807, 2.05) is 11.8 Å². The minimum atomic E-state index is -0.0338. The molecule has 1 aromatic rings. The molecule has 1 fully saturated rings. The van der Waals surface area contributed by atoms with E-state index >= 15 is 0 Å². The fraction of sp³-hybridized carbons (Fsp3) is 0.583. The van der Waals surface area contributed by atoms with Crippen molar-refractivity contribution in [2.45, 2.75) is 25.8 Å². The van der Waals surface area contributed by atoms with Crippen LogP contribution >= 0.6 is 46.9 Å². The molecular weight excluding hydrogens is 327 g/mol. The second-order valence-electron chi connectivity index (χ2n) is 4.75. The van der Waals surface area contributed by atoms with Crippen LogP contribution in [0.3, 0.4) is 0 Å². The van der Waals surface area contributed by atoms with Crippen LogP contribution in [0.15, 0.2) is 6.07 Å². The summed E-state index contributed by atoms with van der Waals surface area (Å²) in [5, 5.41) is 0. The van der Waals surface area contributed by atoms with Crippen LogP contribution in [-0.2, 0) is 0 Å². The number of piperidine rings is 1. The number of halogens is 3. The Kier molecular flexibility index (Phi) is 6.40. The third kappa shape index (κ3) is 3.99. The highest BCUT2D eigenvalue weighted by molar-refractivity contribution is 7.20. The van der Waals surface area contributed by atoms with Gasteiger partial charge in [0.15, 0.2) is 0 Å². The van der Waals surface area contributed by atoms with Gasteiger partial charge in [0.1, 0.15) is 4.34 Å². The maximum Gasteiger partial charge on any atom is 0.256 e. The van der Waals surface area contributed by atoms with Crippen molar-refractivity contribution in [1.82, 2.24) is 4.90 Å². The van der Waals surface area contributed by atoms with Gasteiger partial charge < -0.3 is 10.6 Å². The molecule has 0 spiro atoms. The summed E-state index contributed by atoms with van der Waals surface area (Å²) < 4.78 is 1.01. The van der Waals surface area contributed by atoms with Gasteiger partial charge >= 0.3 is 0 Å². The summed E-state index contributed by atoms with van der Waals surface area (Å²) in [5.41, 5.74) is 6.43. The average Bonchev–Trinajstić information content (AvgIpc) is 2.67. The molecule has 2 heterocycles. The molecule has 1 saturated heterocycles. The Labute approximate surface area is 133 Å². The zero-order chi connectivity index (χ0) is 13.3. The molecule has 2 N–H and O–H groups in total. The highest BCUT2D eigenvalue weighted by Gasteiger charge is 2.28. The second-order valence-corrected chi connectivity index (χ2v) is 7.04. The van der Waals surface area contributed by atoms with E-state index in [1.54, 1.807) is 6.07 Å². The SMILES string of the molecule is CC(N)C1CCCN(C(=O)c2cc(Cl)sc2Cl)C1.Cl. The van der Waals surface area contributed by atoms with E-state index in [9.17, 15) is 4.79 Å². The number of nitrogens with zero attached hydrogens (tertiary/aromatic N) is 1. The second kappa shape index (κ2) is 7.14. The molecule has 0 saturated carbocycles. The molecular formula is C12H17Cl3N2OS. The fourth-order valence-corrected chi connectivity index (χ4v) is 3.73. The van der Waals surface area contributed by atoms with Gasteiger partial charge in [-0.2, -0.15) is 0 Å². The van der Waals surface area contributed by atoms with Crippen LogP contribution in [0, 0.1) is 5.92 Å². The number of carbonyl (C=O) groups is 1. The Morgan fingerprint density at radius 1 is 1.58 bits per heavy atom. The van der Waals surface area contributed by atoms with Gasteiger partial charge in [-0.25, -0.2) is 0 Å². The average molecular weight is 344 g/mol. The highest BCUT2D eigenvalue weighted by Crippen LogP contribution is 2.32. The van der Waals surface area contributed by atoms with Gasteiger partial charge in [0.2, 0.25) is 0 Å². The quantitative estimate of drug-likeness (QED) is 0.890. The van der Waals surface area contributed by atoms with Gasteiger partial charge in [-0.3, -0.25) is 4.79 Å². The number of rotatable bonds is 2. The largest absolute Gasteiger partial charge is 0.338 e. The predicted molar refractivity (Wildman–Crippen MR) is 83.9 cm³/mol. The van der Waals surface area contributed by atoms with E-state index in [1.165, 1.54) is 11.3 Å². The van der Waals surface area contributed by atoms with Crippen LogP contribution in [-0.4, -0.2) is 29.9 Å². The van der Waals surface area contributed by atoms with Gasteiger partial charge in [-0.05, 0) is 31.7 Å². The first-order valence-corrected chi connectivity index (χ1v) is 7.56. The standard InChI is InChI=1S/C12H16Cl2N2OS.ClH/c1-7(15)8-3-2-4-16(6-8)12(17)9-5-10(13)18-11(9)14;/h5,7-8H,2-4,6,15H2,1H3;1H. The van der Waals surface area contributed by atoms with Crippen LogP contribution < -0.4 is 5.73 Å². The summed E-state index contributed by atoms with van der Waals surface area (Å²) in [6.07, 6.45) is 2.08. The summed E-state index contributed by atoms with van der Waals surface area (Å²) in [6.45, 7) is 3.47. The monoisotopic (exact) mass is 342 g/mol. The summed E-state index contributed by atoms with van der Waals surface area (Å²) in [4.78, 5) is 14.2. The zero-order valence-electron chi connectivity index (χ0n) is 10.6. The summed E-state index contributed by atoms with van der Waals surface area (Å²) in [7, 11) is 0. The summed E-state index contributed by atoms with van der Waals surface area (Å²) in [5.74, 6) is 0.337. The molecule has 7 heteroatoms. The number of likely N-dealkylation sites (tertiary alicyclic amines) is 1. The topological polar surface area (TPSA) is 46.3 Å². The molecule has 1 amide bonds. The number of carbonyl (C=O) groups excluding carboxylic acids is 1. The number of thiophene rings is 1. The Bertz CT molecular complexity index is 450. The Hall–Kier alpha value is -0.000000000000000222. The molecule has 2 unspecified atom stereocenters. The van der Waals surface area contributed by atoms with Gasteiger partial charge in [0, 0.05) is 19.1 Å². The summed E-state index contributed by atoms with van der Waals surface area (Å²) in [6, 6.07) is 1.76. The first-order chi connectivity index (χ1) is 8.49. The van der Waals surface area contributed by atoms with Gasteiger partial charge in [-0.1, -0.05) is 23.2 Å². The van der Waals surface area contributed by atoms with Crippen molar-refractivity contribution in [3.8, 4) is 0 Å². The van der Waals surface area contributed by atoms with Crippen LogP contribution in [0.1, 0.15) is 30.1 Å². The van der Waals surface area contributed by atoms with E-state index in [2.05, 4.69) is 0 Å². The van der Waals surface area contributed by atoms with Gasteiger partial charge in [-0.15, -0.1) is 23.7 Å². The van der Waals surface area contributed by atoms with Crippen molar-refractivity contribution in [1.29, 1.82) is 0 Å². The Morgan fingerprint density at radius 3 is 2.79 bits per heavy atom. The first kappa shape index (κ1) is 17.1. The molecule has 0 bridgehead atoms. The van der Waals surface area contributed by atoms with Crippen molar-refractivity contribution in [2.24, 2.45) is 11.7 Å². The lowest BCUT2D eigenvalue weighted by Gasteiger charge is -2.34. The van der Waals surface area contributed by atoms with Crippen LogP contribution in [0.5, 0.6) is 0 Å². The van der Waals surface area contributed by atoms with Crippen molar-refractivity contribution >= 4 is 52.9 Å². The molecule has 0 aromatic carbocycles. The minimum absolute atomic E-state index is 0. The number of hydrogen-bond acceptors (Lipinski definition) is 3. The Balaban J connectivity index is 0.00000180. The van der Waals surface area contributed by atoms with E-state index in [4.69, 9.17) is 28.9 Å². The van der Waals surface area contributed by atoms with Crippen LogP contribution in [0.25, 0.3) is 0 Å². The maximum absolute atomic E-state index is 12.4. The molecule has 2 atom stereocenters. The van der Waals surface area contributed by atoms with Gasteiger partial charge in [0.25, 0.3) is 5.91 Å². The highest BCUT2D eigenvalue weighted by atomic mass is 35.5. The lowest BCUT2D eigenvalue weighted by Crippen LogP contribution is -2.45. The lowest BCUT2D eigenvalue weighted by molar-refractivity contribution is 0.0661. The number of hydrogen-bond donors (Lipinski definition) is 1. The molecule has 19 heavy (non-hydrogen) atoms. The fourth-order valence-electron chi connectivity index (χ4n) is 2.28. The Morgan fingerprint density at radius 2 is 2.26 bits per heavy atom. The lowest BCUT2D eigenvalue weighted by atomic mass is 9.92. The summed E-state index contributed by atoms with van der Waals surface area (Å²) >= 11 is 13.1. The van der Waals surface area contributed by atoms with E-state index < -0.39 is 0 Å². The predicted octanol–water partition coefficient (Wildman–Crippen LogP) is 3.68. The molecule has 3 nitrogen and oxygen atoms in total. The first-order valence-electron chi connectivity index (χ1n) is 5.98. The molecule has 0 aliphatic carbocycles.